The molecule has 2 rings (SSSR count). The van der Waals surface area contributed by atoms with Crippen LogP contribution in [-0.2, 0) is 11.3 Å². The summed E-state index contributed by atoms with van der Waals surface area (Å²) in [7, 11) is 0. The van der Waals surface area contributed by atoms with Gasteiger partial charge in [-0.25, -0.2) is 0 Å². The third-order valence-electron chi connectivity index (χ3n) is 2.49. The van der Waals surface area contributed by atoms with Crippen LogP contribution >= 0.6 is 0 Å². The molecule has 64 valence electrons. The number of hydrogen-bond donors (Lipinski definition) is 0. The van der Waals surface area contributed by atoms with E-state index in [1.807, 2.05) is 23.9 Å². The molecule has 0 N–H and O–H groups in total. The molecule has 0 bridgehead atoms. The van der Waals surface area contributed by atoms with Gasteiger partial charge in [0, 0.05) is 24.2 Å². The van der Waals surface area contributed by atoms with Crippen LogP contribution in [0.5, 0.6) is 0 Å². The standard InChI is InChI=1S/C9H12N2O/c1-7-5-8(9(7)12)6-11-4-2-3-10-11/h2-4,7-8H,5-6H2,1H3. The molecule has 0 saturated heterocycles. The van der Waals surface area contributed by atoms with Gasteiger partial charge in [-0.2, -0.15) is 5.10 Å². The quantitative estimate of drug-likeness (QED) is 0.656. The Bertz CT molecular complexity index is 279. The maximum Gasteiger partial charge on any atom is 0.140 e. The van der Waals surface area contributed by atoms with Gasteiger partial charge in [0.1, 0.15) is 5.78 Å². The zero-order valence-electron chi connectivity index (χ0n) is 7.10. The molecular weight excluding hydrogens is 152 g/mol. The van der Waals surface area contributed by atoms with Crippen LogP contribution in [0.15, 0.2) is 18.5 Å². The van der Waals surface area contributed by atoms with E-state index >= 15 is 0 Å². The van der Waals surface area contributed by atoms with Gasteiger partial charge in [0.05, 0.1) is 6.54 Å². The highest BCUT2D eigenvalue weighted by atomic mass is 16.1. The summed E-state index contributed by atoms with van der Waals surface area (Å²) in [6.07, 6.45) is 4.67. The second kappa shape index (κ2) is 2.73. The molecule has 1 fully saturated rings. The van der Waals surface area contributed by atoms with Crippen LogP contribution in [0.1, 0.15) is 13.3 Å². The molecule has 0 aromatic carbocycles. The van der Waals surface area contributed by atoms with E-state index in [0.29, 0.717) is 5.78 Å². The number of carbonyl (C=O) groups excluding carboxylic acids is 1. The van der Waals surface area contributed by atoms with E-state index in [2.05, 4.69) is 5.10 Å². The van der Waals surface area contributed by atoms with Crippen molar-refractivity contribution in [3.63, 3.8) is 0 Å². The van der Waals surface area contributed by atoms with Gasteiger partial charge in [-0.05, 0) is 12.5 Å². The van der Waals surface area contributed by atoms with Crippen LogP contribution < -0.4 is 0 Å². The molecule has 1 saturated carbocycles. The number of Topliss-reactive ketones (excluding diaryl/α,β-unsaturated/α-hetero) is 1. The van der Waals surface area contributed by atoms with Crippen molar-refractivity contribution in [2.75, 3.05) is 0 Å². The Kier molecular flexibility index (Phi) is 1.71. The Morgan fingerprint density at radius 3 is 3.08 bits per heavy atom. The summed E-state index contributed by atoms with van der Waals surface area (Å²) >= 11 is 0. The maximum absolute atomic E-state index is 11.2. The summed E-state index contributed by atoms with van der Waals surface area (Å²) in [6.45, 7) is 2.75. The number of aromatic nitrogens is 2. The third kappa shape index (κ3) is 1.15. The summed E-state index contributed by atoms with van der Waals surface area (Å²) in [5, 5.41) is 4.06. The van der Waals surface area contributed by atoms with Crippen molar-refractivity contribution in [2.45, 2.75) is 19.9 Å². The summed E-state index contributed by atoms with van der Waals surface area (Å²) in [5.41, 5.74) is 0. The molecule has 2 unspecified atom stereocenters. The van der Waals surface area contributed by atoms with Crippen molar-refractivity contribution in [3.05, 3.63) is 18.5 Å². The van der Waals surface area contributed by atoms with Crippen LogP contribution in [0.4, 0.5) is 0 Å². The van der Waals surface area contributed by atoms with Crippen molar-refractivity contribution < 1.29 is 4.79 Å². The van der Waals surface area contributed by atoms with Gasteiger partial charge in [-0.3, -0.25) is 9.48 Å². The van der Waals surface area contributed by atoms with Crippen molar-refractivity contribution in [3.8, 4) is 0 Å². The minimum atomic E-state index is 0.222. The van der Waals surface area contributed by atoms with E-state index in [0.717, 1.165) is 13.0 Å². The van der Waals surface area contributed by atoms with Gasteiger partial charge < -0.3 is 0 Å². The Morgan fingerprint density at radius 2 is 2.58 bits per heavy atom. The fourth-order valence-corrected chi connectivity index (χ4v) is 1.70. The van der Waals surface area contributed by atoms with Crippen molar-refractivity contribution in [1.29, 1.82) is 0 Å². The van der Waals surface area contributed by atoms with E-state index in [9.17, 15) is 4.79 Å². The summed E-state index contributed by atoms with van der Waals surface area (Å²) < 4.78 is 1.83. The number of ketones is 1. The van der Waals surface area contributed by atoms with Gasteiger partial charge in [-0.1, -0.05) is 6.92 Å². The van der Waals surface area contributed by atoms with Crippen molar-refractivity contribution in [2.24, 2.45) is 11.8 Å². The van der Waals surface area contributed by atoms with E-state index in [-0.39, 0.29) is 11.8 Å². The molecule has 12 heavy (non-hydrogen) atoms. The molecule has 1 aliphatic carbocycles. The Morgan fingerprint density at radius 1 is 1.75 bits per heavy atom. The zero-order valence-corrected chi connectivity index (χ0v) is 7.10. The summed E-state index contributed by atoms with van der Waals surface area (Å²) in [6, 6.07) is 1.88. The van der Waals surface area contributed by atoms with Crippen LogP contribution in [0, 0.1) is 11.8 Å². The Balaban J connectivity index is 1.94. The molecule has 1 aromatic rings. The van der Waals surface area contributed by atoms with E-state index in [1.165, 1.54) is 0 Å². The average molecular weight is 164 g/mol. The summed E-state index contributed by atoms with van der Waals surface area (Å²) in [5.74, 6) is 0.899. The SMILES string of the molecule is CC1CC(Cn2cccn2)C1=O. The molecule has 0 aliphatic heterocycles. The first-order chi connectivity index (χ1) is 5.77. The second-order valence-electron chi connectivity index (χ2n) is 3.46. The van der Waals surface area contributed by atoms with Gasteiger partial charge in [0.2, 0.25) is 0 Å². The van der Waals surface area contributed by atoms with E-state index in [4.69, 9.17) is 0 Å². The molecule has 0 amide bonds. The Labute approximate surface area is 71.4 Å². The van der Waals surface area contributed by atoms with Gasteiger partial charge >= 0.3 is 0 Å². The molecule has 1 aliphatic rings. The zero-order chi connectivity index (χ0) is 8.55. The molecule has 3 nitrogen and oxygen atoms in total. The lowest BCUT2D eigenvalue weighted by Crippen LogP contribution is -2.37. The van der Waals surface area contributed by atoms with Crippen LogP contribution in [0.25, 0.3) is 0 Å². The third-order valence-corrected chi connectivity index (χ3v) is 2.49. The molecule has 0 radical (unpaired) electrons. The number of nitrogens with zero attached hydrogens (tertiary/aromatic N) is 2. The first-order valence-corrected chi connectivity index (χ1v) is 4.28. The molecule has 3 heteroatoms. The monoisotopic (exact) mass is 164 g/mol. The first kappa shape index (κ1) is 7.53. The van der Waals surface area contributed by atoms with Gasteiger partial charge in [0.15, 0.2) is 0 Å². The lowest BCUT2D eigenvalue weighted by molar-refractivity contribution is -0.135. The number of hydrogen-bond acceptors (Lipinski definition) is 2. The highest BCUT2D eigenvalue weighted by molar-refractivity contribution is 5.88. The molecule has 2 atom stereocenters. The highest BCUT2D eigenvalue weighted by Crippen LogP contribution is 2.29. The molecule has 1 heterocycles. The second-order valence-corrected chi connectivity index (χ2v) is 3.46. The normalized spacial score (nSPS) is 28.6. The smallest absolute Gasteiger partial charge is 0.140 e. The lowest BCUT2D eigenvalue weighted by atomic mass is 9.75. The number of rotatable bonds is 2. The van der Waals surface area contributed by atoms with Crippen molar-refractivity contribution in [1.82, 2.24) is 9.78 Å². The van der Waals surface area contributed by atoms with Crippen LogP contribution in [0.2, 0.25) is 0 Å². The van der Waals surface area contributed by atoms with E-state index < -0.39 is 0 Å². The molecule has 0 spiro atoms. The summed E-state index contributed by atoms with van der Waals surface area (Å²) in [4.78, 5) is 11.2. The number of carbonyl (C=O) groups is 1. The Hall–Kier alpha value is -1.12. The van der Waals surface area contributed by atoms with Crippen molar-refractivity contribution >= 4 is 5.78 Å². The van der Waals surface area contributed by atoms with E-state index in [1.54, 1.807) is 6.20 Å². The van der Waals surface area contributed by atoms with Gasteiger partial charge in [-0.15, -0.1) is 0 Å². The molecule has 1 aromatic heterocycles. The average Bonchev–Trinajstić information content (AvgIpc) is 2.56. The maximum atomic E-state index is 11.2. The molecular formula is C9H12N2O. The van der Waals surface area contributed by atoms with Crippen LogP contribution in [0.3, 0.4) is 0 Å². The minimum Gasteiger partial charge on any atom is -0.299 e. The largest absolute Gasteiger partial charge is 0.299 e. The predicted molar refractivity (Wildman–Crippen MR) is 44.5 cm³/mol. The minimum absolute atomic E-state index is 0.222. The topological polar surface area (TPSA) is 34.9 Å². The highest BCUT2D eigenvalue weighted by Gasteiger charge is 2.35. The fourth-order valence-electron chi connectivity index (χ4n) is 1.70. The van der Waals surface area contributed by atoms with Gasteiger partial charge in [0.25, 0.3) is 0 Å². The van der Waals surface area contributed by atoms with Crippen LogP contribution in [-0.4, -0.2) is 15.6 Å². The fraction of sp³-hybridized carbons (Fsp3) is 0.556. The lowest BCUT2D eigenvalue weighted by Gasteiger charge is -2.30. The first-order valence-electron chi connectivity index (χ1n) is 4.28. The predicted octanol–water partition coefficient (Wildman–Crippen LogP) is 1.11.